The van der Waals surface area contributed by atoms with Gasteiger partial charge < -0.3 is 10.1 Å². The van der Waals surface area contributed by atoms with Gasteiger partial charge in [-0.2, -0.15) is 0 Å². The zero-order chi connectivity index (χ0) is 14.5. The van der Waals surface area contributed by atoms with E-state index in [0.29, 0.717) is 6.42 Å². The Kier molecular flexibility index (Phi) is 4.05. The molecule has 0 aliphatic heterocycles. The van der Waals surface area contributed by atoms with E-state index in [-0.39, 0.29) is 5.69 Å². The summed E-state index contributed by atoms with van der Waals surface area (Å²) in [5, 5.41) is 8.46. The summed E-state index contributed by atoms with van der Waals surface area (Å²) in [6.07, 6.45) is 5.02. The van der Waals surface area contributed by atoms with E-state index < -0.39 is 24.0 Å². The van der Waals surface area contributed by atoms with Gasteiger partial charge in [0.25, 0.3) is 0 Å². The van der Waals surface area contributed by atoms with Gasteiger partial charge in [-0.25, -0.2) is 4.79 Å². The number of hydrogen-bond donors (Lipinski definition) is 2. The number of carbonyl (C=O) groups excluding carboxylic acids is 2. The van der Waals surface area contributed by atoms with E-state index in [1.54, 1.807) is 24.7 Å². The van der Waals surface area contributed by atoms with Gasteiger partial charge in [0, 0.05) is 18.6 Å². The normalized spacial score (nSPS) is 10.2. The summed E-state index contributed by atoms with van der Waals surface area (Å²) in [6.45, 7) is 0. The van der Waals surface area contributed by atoms with Crippen molar-refractivity contribution in [2.75, 3.05) is 0 Å². The maximum atomic E-state index is 11.7. The molecule has 0 aliphatic rings. The number of carboxylic acids is 1. The van der Waals surface area contributed by atoms with Gasteiger partial charge in [0.1, 0.15) is 0 Å². The summed E-state index contributed by atoms with van der Waals surface area (Å²) in [5.41, 5.74) is 2.16. The van der Waals surface area contributed by atoms with Crippen LogP contribution >= 0.6 is 0 Å². The zero-order valence-electron chi connectivity index (χ0n) is 10.5. The van der Waals surface area contributed by atoms with Crippen LogP contribution in [0.25, 0.3) is 0 Å². The molecule has 0 saturated carbocycles. The number of hydrogen-bond acceptors (Lipinski definition) is 4. The molecule has 2 aromatic heterocycles. The lowest BCUT2D eigenvalue weighted by molar-refractivity contribution is -0.148. The van der Waals surface area contributed by atoms with Crippen LogP contribution in [0, 0.1) is 0 Å². The van der Waals surface area contributed by atoms with Crippen molar-refractivity contribution >= 4 is 17.5 Å². The van der Waals surface area contributed by atoms with Crippen molar-refractivity contribution in [1.29, 1.82) is 0 Å². The van der Waals surface area contributed by atoms with E-state index in [4.69, 9.17) is 5.11 Å². The van der Waals surface area contributed by atoms with Crippen LogP contribution in [0.2, 0.25) is 0 Å². The van der Waals surface area contributed by atoms with Gasteiger partial charge >= 0.3 is 5.97 Å². The molecule has 0 fully saturated rings. The van der Waals surface area contributed by atoms with Crippen LogP contribution in [0.1, 0.15) is 28.0 Å². The van der Waals surface area contributed by atoms with E-state index >= 15 is 0 Å². The summed E-state index contributed by atoms with van der Waals surface area (Å²) in [4.78, 5) is 39.8. The van der Waals surface area contributed by atoms with Gasteiger partial charge in [-0.15, -0.1) is 0 Å². The number of aromatic nitrogens is 2. The summed E-state index contributed by atoms with van der Waals surface area (Å²) >= 11 is 0. The number of carboxylic acid groups (broad SMARTS) is 1. The molecular formula is C14H12N2O4. The molecule has 0 bridgehead atoms. The predicted molar refractivity (Wildman–Crippen MR) is 69.4 cm³/mol. The number of ketones is 2. The van der Waals surface area contributed by atoms with E-state index in [1.807, 2.05) is 12.1 Å². The maximum absolute atomic E-state index is 11.7. The SMILES string of the molecule is O=C(O)C(=O)CC(=O)c1cc(Cc2ccncc2)c[nH]1. The molecule has 0 radical (unpaired) electrons. The molecular weight excluding hydrogens is 260 g/mol. The van der Waals surface area contributed by atoms with E-state index in [2.05, 4.69) is 9.97 Å². The second-order valence-electron chi connectivity index (χ2n) is 4.28. The number of aliphatic carboxylic acids is 1. The molecule has 2 aromatic rings. The van der Waals surface area contributed by atoms with Crippen LogP contribution in [-0.2, 0) is 16.0 Å². The number of nitrogens with zero attached hydrogens (tertiary/aromatic N) is 1. The minimum atomic E-state index is -1.60. The quantitative estimate of drug-likeness (QED) is 0.468. The molecule has 0 atom stereocenters. The molecule has 0 spiro atoms. The molecule has 0 amide bonds. The Hall–Kier alpha value is -2.76. The van der Waals surface area contributed by atoms with E-state index in [9.17, 15) is 14.4 Å². The summed E-state index contributed by atoms with van der Waals surface area (Å²) in [5.74, 6) is -3.24. The van der Waals surface area contributed by atoms with Gasteiger partial charge in [0.15, 0.2) is 5.78 Å². The van der Waals surface area contributed by atoms with Crippen molar-refractivity contribution in [2.24, 2.45) is 0 Å². The Labute approximate surface area is 114 Å². The average molecular weight is 272 g/mol. The number of aromatic amines is 1. The fourth-order valence-corrected chi connectivity index (χ4v) is 1.76. The van der Waals surface area contributed by atoms with E-state index in [0.717, 1.165) is 11.1 Å². The number of nitrogens with one attached hydrogen (secondary N) is 1. The molecule has 2 N–H and O–H groups in total. The highest BCUT2D eigenvalue weighted by Crippen LogP contribution is 2.11. The average Bonchev–Trinajstić information content (AvgIpc) is 2.88. The van der Waals surface area contributed by atoms with Crippen LogP contribution < -0.4 is 0 Å². The number of Topliss-reactive ketones (excluding diaryl/α,β-unsaturated/α-hetero) is 2. The first kappa shape index (κ1) is 13.7. The Balaban J connectivity index is 2.04. The van der Waals surface area contributed by atoms with Crippen molar-refractivity contribution in [1.82, 2.24) is 9.97 Å². The molecule has 20 heavy (non-hydrogen) atoms. The largest absolute Gasteiger partial charge is 0.475 e. The highest BCUT2D eigenvalue weighted by molar-refractivity contribution is 6.37. The Bertz CT molecular complexity index is 646. The summed E-state index contributed by atoms with van der Waals surface area (Å²) in [6, 6.07) is 5.35. The van der Waals surface area contributed by atoms with Crippen LogP contribution in [0.4, 0.5) is 0 Å². The Morgan fingerprint density at radius 1 is 1.15 bits per heavy atom. The fraction of sp³-hybridized carbons (Fsp3) is 0.143. The lowest BCUT2D eigenvalue weighted by Gasteiger charge is -1.96. The van der Waals surface area contributed by atoms with Crippen molar-refractivity contribution in [3.05, 3.63) is 53.6 Å². The maximum Gasteiger partial charge on any atom is 0.372 e. The first-order chi connectivity index (χ1) is 9.56. The lowest BCUT2D eigenvalue weighted by Crippen LogP contribution is -2.17. The highest BCUT2D eigenvalue weighted by Gasteiger charge is 2.18. The van der Waals surface area contributed by atoms with Gasteiger partial charge in [-0.05, 0) is 35.7 Å². The van der Waals surface area contributed by atoms with Crippen LogP contribution in [-0.4, -0.2) is 32.6 Å². The van der Waals surface area contributed by atoms with Crippen molar-refractivity contribution in [3.8, 4) is 0 Å². The third-order valence-corrected chi connectivity index (χ3v) is 2.76. The number of carbonyl (C=O) groups is 3. The first-order valence-electron chi connectivity index (χ1n) is 5.92. The minimum Gasteiger partial charge on any atom is -0.475 e. The van der Waals surface area contributed by atoms with Crippen molar-refractivity contribution in [2.45, 2.75) is 12.8 Å². The van der Waals surface area contributed by atoms with Crippen molar-refractivity contribution < 1.29 is 19.5 Å². The first-order valence-corrected chi connectivity index (χ1v) is 5.92. The minimum absolute atomic E-state index is 0.239. The standard InChI is InChI=1S/C14H12N2O4/c17-12(7-13(18)14(19)20)11-6-10(8-16-11)5-9-1-3-15-4-2-9/h1-4,6,8,16H,5,7H2,(H,19,20). The second kappa shape index (κ2) is 5.92. The number of pyridine rings is 1. The Morgan fingerprint density at radius 3 is 2.50 bits per heavy atom. The molecule has 102 valence electrons. The summed E-state index contributed by atoms with van der Waals surface area (Å²) in [7, 11) is 0. The number of rotatable bonds is 6. The molecule has 6 heteroatoms. The van der Waals surface area contributed by atoms with Crippen LogP contribution in [0.5, 0.6) is 0 Å². The van der Waals surface area contributed by atoms with Crippen LogP contribution in [0.15, 0.2) is 36.8 Å². The van der Waals surface area contributed by atoms with Gasteiger partial charge in [-0.3, -0.25) is 14.6 Å². The predicted octanol–water partition coefficient (Wildman–Crippen LogP) is 1.23. The molecule has 0 unspecified atom stereocenters. The van der Waals surface area contributed by atoms with Crippen molar-refractivity contribution in [3.63, 3.8) is 0 Å². The summed E-state index contributed by atoms with van der Waals surface area (Å²) < 4.78 is 0. The monoisotopic (exact) mass is 272 g/mol. The Morgan fingerprint density at radius 2 is 1.85 bits per heavy atom. The smallest absolute Gasteiger partial charge is 0.372 e. The topological polar surface area (TPSA) is 100 Å². The molecule has 0 aliphatic carbocycles. The molecule has 2 rings (SSSR count). The number of H-pyrrole nitrogens is 1. The van der Waals surface area contributed by atoms with E-state index in [1.165, 1.54) is 0 Å². The van der Waals surface area contributed by atoms with Gasteiger partial charge in [-0.1, -0.05) is 0 Å². The molecule has 0 aromatic carbocycles. The van der Waals surface area contributed by atoms with Gasteiger partial charge in [0.2, 0.25) is 5.78 Å². The zero-order valence-corrected chi connectivity index (χ0v) is 10.5. The molecule has 2 heterocycles. The third kappa shape index (κ3) is 3.38. The van der Waals surface area contributed by atoms with Gasteiger partial charge in [0.05, 0.1) is 12.1 Å². The molecule has 0 saturated heterocycles. The molecule has 6 nitrogen and oxygen atoms in total. The third-order valence-electron chi connectivity index (χ3n) is 2.76. The highest BCUT2D eigenvalue weighted by atomic mass is 16.4. The lowest BCUT2D eigenvalue weighted by atomic mass is 10.1. The fourth-order valence-electron chi connectivity index (χ4n) is 1.76. The second-order valence-corrected chi connectivity index (χ2v) is 4.28. The van der Waals surface area contributed by atoms with Crippen LogP contribution in [0.3, 0.4) is 0 Å².